The first-order valence-corrected chi connectivity index (χ1v) is 8.76. The van der Waals surface area contributed by atoms with Gasteiger partial charge in [-0.15, -0.1) is 24.8 Å². The lowest BCUT2D eigenvalue weighted by molar-refractivity contribution is 0.628. The van der Waals surface area contributed by atoms with Crippen LogP contribution in [0.25, 0.3) is 44.8 Å². The van der Waals surface area contributed by atoms with E-state index in [1.165, 1.54) is 12.1 Å². The van der Waals surface area contributed by atoms with Crippen LogP contribution in [0.15, 0.2) is 79.3 Å². The van der Waals surface area contributed by atoms with Gasteiger partial charge in [-0.2, -0.15) is 5.10 Å². The van der Waals surface area contributed by atoms with Crippen LogP contribution < -0.4 is 0 Å². The molecule has 0 amide bonds. The van der Waals surface area contributed by atoms with Gasteiger partial charge in [-0.1, -0.05) is 12.1 Å². The van der Waals surface area contributed by atoms with Crippen LogP contribution in [-0.4, -0.2) is 25.1 Å². The van der Waals surface area contributed by atoms with E-state index >= 15 is 0 Å². The summed E-state index contributed by atoms with van der Waals surface area (Å²) in [5.41, 5.74) is 5.84. The van der Waals surface area contributed by atoms with Crippen LogP contribution in [0.5, 0.6) is 0 Å². The van der Waals surface area contributed by atoms with Crippen molar-refractivity contribution in [2.24, 2.45) is 0 Å². The number of nitrogens with zero attached hydrogens (tertiary/aromatic N) is 4. The van der Waals surface area contributed by atoms with Crippen LogP contribution in [0.1, 0.15) is 0 Å². The molecule has 0 saturated carbocycles. The van der Waals surface area contributed by atoms with Crippen molar-refractivity contribution in [2.45, 2.75) is 0 Å². The van der Waals surface area contributed by atoms with E-state index in [-0.39, 0.29) is 30.6 Å². The van der Waals surface area contributed by atoms with Crippen LogP contribution in [0, 0.1) is 5.82 Å². The van der Waals surface area contributed by atoms with Gasteiger partial charge in [0.25, 0.3) is 0 Å². The van der Waals surface area contributed by atoms with Crippen molar-refractivity contribution in [3.8, 4) is 33.9 Å². The van der Waals surface area contributed by atoms with E-state index in [1.807, 2.05) is 42.5 Å². The van der Waals surface area contributed by atoms with Gasteiger partial charge in [0.1, 0.15) is 12.1 Å². The highest BCUT2D eigenvalue weighted by Crippen LogP contribution is 2.29. The molecule has 3 aromatic heterocycles. The van der Waals surface area contributed by atoms with Crippen LogP contribution in [0.3, 0.4) is 0 Å². The lowest BCUT2D eigenvalue weighted by Gasteiger charge is -2.06. The molecule has 0 radical (unpaired) electrons. The standard InChI is InChI=1S/C22H14FN5.2ClH/c23-16-7-4-14(5-8-16)20-12-21(28-27-20)15-6-9-18-17(11-15)22(26-13-25-18)19-3-1-2-10-24-19;;/h1-13H,(H,27,28);2*1H. The average molecular weight is 440 g/mol. The Morgan fingerprint density at radius 1 is 0.733 bits per heavy atom. The molecule has 3 heterocycles. The Morgan fingerprint density at radius 3 is 2.30 bits per heavy atom. The number of aromatic nitrogens is 5. The highest BCUT2D eigenvalue weighted by molar-refractivity contribution is 5.94. The van der Waals surface area contributed by atoms with E-state index in [2.05, 4.69) is 25.1 Å². The maximum Gasteiger partial charge on any atom is 0.123 e. The Hall–Kier alpha value is -3.35. The molecular formula is C22H16Cl2FN5. The molecule has 0 aliphatic heterocycles. The summed E-state index contributed by atoms with van der Waals surface area (Å²) in [4.78, 5) is 13.2. The minimum atomic E-state index is -0.268. The van der Waals surface area contributed by atoms with Crippen molar-refractivity contribution in [1.82, 2.24) is 25.1 Å². The van der Waals surface area contributed by atoms with Crippen molar-refractivity contribution in [2.75, 3.05) is 0 Å². The Kier molecular flexibility index (Phi) is 6.40. The third-order valence-electron chi connectivity index (χ3n) is 4.57. The molecule has 30 heavy (non-hydrogen) atoms. The summed E-state index contributed by atoms with van der Waals surface area (Å²) in [6.45, 7) is 0. The largest absolute Gasteiger partial charge is 0.277 e. The first kappa shape index (κ1) is 21.4. The summed E-state index contributed by atoms with van der Waals surface area (Å²) >= 11 is 0. The molecule has 0 fully saturated rings. The topological polar surface area (TPSA) is 67.3 Å². The third kappa shape index (κ3) is 4.01. The van der Waals surface area contributed by atoms with Crippen LogP contribution >= 0.6 is 24.8 Å². The predicted octanol–water partition coefficient (Wildman–Crippen LogP) is 5.73. The molecule has 0 aliphatic carbocycles. The zero-order valence-electron chi connectivity index (χ0n) is 15.5. The SMILES string of the molecule is Cl.Cl.Fc1ccc(-c2cc(-c3ccc4ncnc(-c5ccccn5)c4c3)[nH]n2)cc1. The number of halogens is 3. The van der Waals surface area contributed by atoms with E-state index in [0.29, 0.717) is 0 Å². The molecule has 0 aliphatic rings. The van der Waals surface area contributed by atoms with E-state index in [0.717, 1.165) is 44.8 Å². The summed E-state index contributed by atoms with van der Waals surface area (Å²) in [5, 5.41) is 8.33. The van der Waals surface area contributed by atoms with E-state index in [4.69, 9.17) is 0 Å². The second-order valence-electron chi connectivity index (χ2n) is 6.34. The number of hydrogen-bond acceptors (Lipinski definition) is 4. The fourth-order valence-electron chi connectivity index (χ4n) is 3.17. The number of benzene rings is 2. The van der Waals surface area contributed by atoms with Crippen molar-refractivity contribution in [3.05, 3.63) is 85.1 Å². The maximum atomic E-state index is 13.2. The monoisotopic (exact) mass is 439 g/mol. The lowest BCUT2D eigenvalue weighted by Crippen LogP contribution is -1.91. The summed E-state index contributed by atoms with van der Waals surface area (Å²) < 4.78 is 13.2. The summed E-state index contributed by atoms with van der Waals surface area (Å²) in [7, 11) is 0. The Balaban J connectivity index is 0.00000128. The molecule has 5 rings (SSSR count). The fraction of sp³-hybridized carbons (Fsp3) is 0. The molecule has 0 saturated heterocycles. The van der Waals surface area contributed by atoms with Crippen LogP contribution in [0.4, 0.5) is 4.39 Å². The first-order chi connectivity index (χ1) is 13.8. The molecule has 5 aromatic rings. The Morgan fingerprint density at radius 2 is 1.53 bits per heavy atom. The van der Waals surface area contributed by atoms with E-state index in [9.17, 15) is 4.39 Å². The van der Waals surface area contributed by atoms with Gasteiger partial charge >= 0.3 is 0 Å². The summed E-state index contributed by atoms with van der Waals surface area (Å²) in [6, 6.07) is 19.9. The summed E-state index contributed by atoms with van der Waals surface area (Å²) in [6.07, 6.45) is 3.30. The van der Waals surface area contributed by atoms with Gasteiger partial charge in [0.15, 0.2) is 0 Å². The molecule has 0 bridgehead atoms. The average Bonchev–Trinajstić information content (AvgIpc) is 3.24. The van der Waals surface area contributed by atoms with Crippen molar-refractivity contribution < 1.29 is 4.39 Å². The number of fused-ring (bicyclic) bond motifs is 1. The lowest BCUT2D eigenvalue weighted by atomic mass is 10.0. The molecule has 5 nitrogen and oxygen atoms in total. The molecule has 0 atom stereocenters. The number of aromatic amines is 1. The van der Waals surface area contributed by atoms with Gasteiger partial charge in [0.2, 0.25) is 0 Å². The minimum Gasteiger partial charge on any atom is -0.277 e. The Labute approximate surface area is 184 Å². The zero-order valence-corrected chi connectivity index (χ0v) is 17.1. The van der Waals surface area contributed by atoms with Gasteiger partial charge in [-0.3, -0.25) is 10.1 Å². The first-order valence-electron chi connectivity index (χ1n) is 8.76. The number of nitrogens with one attached hydrogen (secondary N) is 1. The molecule has 0 unspecified atom stereocenters. The normalized spacial score (nSPS) is 10.3. The molecular weight excluding hydrogens is 424 g/mol. The van der Waals surface area contributed by atoms with Crippen LogP contribution in [0.2, 0.25) is 0 Å². The highest BCUT2D eigenvalue weighted by atomic mass is 35.5. The number of pyridine rings is 1. The number of rotatable bonds is 3. The molecule has 150 valence electrons. The Bertz CT molecular complexity index is 1270. The molecule has 1 N–H and O–H groups in total. The molecule has 8 heteroatoms. The fourth-order valence-corrected chi connectivity index (χ4v) is 3.17. The van der Waals surface area contributed by atoms with E-state index in [1.54, 1.807) is 24.7 Å². The van der Waals surface area contributed by atoms with Gasteiger partial charge in [-0.25, -0.2) is 14.4 Å². The second-order valence-corrected chi connectivity index (χ2v) is 6.34. The summed E-state index contributed by atoms with van der Waals surface area (Å²) in [5.74, 6) is -0.268. The quantitative estimate of drug-likeness (QED) is 0.389. The smallest absolute Gasteiger partial charge is 0.123 e. The zero-order chi connectivity index (χ0) is 18.9. The minimum absolute atomic E-state index is 0. The maximum absolute atomic E-state index is 13.2. The molecule has 2 aromatic carbocycles. The van der Waals surface area contributed by atoms with Crippen molar-refractivity contribution >= 4 is 35.7 Å². The second kappa shape index (κ2) is 8.98. The highest BCUT2D eigenvalue weighted by Gasteiger charge is 2.11. The third-order valence-corrected chi connectivity index (χ3v) is 4.57. The van der Waals surface area contributed by atoms with Crippen LogP contribution in [-0.2, 0) is 0 Å². The predicted molar refractivity (Wildman–Crippen MR) is 120 cm³/mol. The van der Waals surface area contributed by atoms with Crippen molar-refractivity contribution in [1.29, 1.82) is 0 Å². The number of hydrogen-bond donors (Lipinski definition) is 1. The molecule has 0 spiro atoms. The van der Waals surface area contributed by atoms with Gasteiger partial charge in [-0.05, 0) is 54.6 Å². The van der Waals surface area contributed by atoms with Gasteiger partial charge in [0.05, 0.1) is 28.3 Å². The van der Waals surface area contributed by atoms with Gasteiger partial charge in [0, 0.05) is 22.7 Å². The van der Waals surface area contributed by atoms with E-state index < -0.39 is 0 Å². The number of H-pyrrole nitrogens is 1. The van der Waals surface area contributed by atoms with Gasteiger partial charge < -0.3 is 0 Å². The van der Waals surface area contributed by atoms with Crippen molar-refractivity contribution in [3.63, 3.8) is 0 Å².